The molecule has 0 bridgehead atoms. The normalized spacial score (nSPS) is 19.0. The van der Waals surface area contributed by atoms with Gasteiger partial charge in [0.2, 0.25) is 5.91 Å². The number of rotatable bonds is 7. The number of hydrogen-bond acceptors (Lipinski definition) is 7. The standard InChI is InChI=1S/C22H23Cl2N5O2S/c23-15-4-5-18-17(9-15)14(13-32-18)10-27-20(30)12-29-19(24)11-28-21(22(29)31)26-8-6-16-3-1-2-7-25-16/h1-5,7,9,13,19,22,31H,6,8,10-12H2,(H,26,28)(H,27,30)/t19-,22-/m0/s1. The van der Waals surface area contributed by atoms with E-state index in [-0.39, 0.29) is 19.0 Å². The molecule has 3 N–H and O–H groups in total. The van der Waals surface area contributed by atoms with Gasteiger partial charge in [0.1, 0.15) is 11.3 Å². The lowest BCUT2D eigenvalue weighted by Crippen LogP contribution is -2.56. The van der Waals surface area contributed by atoms with Crippen LogP contribution in [0.1, 0.15) is 11.3 Å². The molecule has 1 aromatic carbocycles. The molecule has 10 heteroatoms. The summed E-state index contributed by atoms with van der Waals surface area (Å²) < 4.78 is 1.11. The van der Waals surface area contributed by atoms with Crippen LogP contribution in [-0.4, -0.2) is 58.1 Å². The van der Waals surface area contributed by atoms with Crippen molar-refractivity contribution in [2.24, 2.45) is 4.99 Å². The molecule has 168 valence electrons. The van der Waals surface area contributed by atoms with Crippen LogP contribution in [0.25, 0.3) is 10.1 Å². The summed E-state index contributed by atoms with van der Waals surface area (Å²) in [7, 11) is 0. The molecule has 1 amide bonds. The van der Waals surface area contributed by atoms with Gasteiger partial charge in [-0.05, 0) is 46.7 Å². The number of alkyl halides is 1. The SMILES string of the molecule is O=C(CN1[C@H](Cl)CN=C(NCCc2ccccn2)[C@@H]1O)NCc1csc2ccc(Cl)cc12. The number of nitrogens with one attached hydrogen (secondary N) is 2. The van der Waals surface area contributed by atoms with Crippen molar-refractivity contribution in [2.75, 3.05) is 19.6 Å². The zero-order valence-corrected chi connectivity index (χ0v) is 19.5. The Bertz CT molecular complexity index is 1110. The van der Waals surface area contributed by atoms with Crippen LogP contribution >= 0.6 is 34.5 Å². The molecule has 0 saturated carbocycles. The Balaban J connectivity index is 1.30. The fourth-order valence-electron chi connectivity index (χ4n) is 3.47. The summed E-state index contributed by atoms with van der Waals surface area (Å²) in [6, 6.07) is 11.5. The number of aromatic nitrogens is 1. The topological polar surface area (TPSA) is 89.9 Å². The Kier molecular flexibility index (Phi) is 7.59. The van der Waals surface area contributed by atoms with Crippen molar-refractivity contribution in [3.63, 3.8) is 0 Å². The Labute approximate surface area is 200 Å². The second-order valence-electron chi connectivity index (χ2n) is 7.38. The molecule has 4 rings (SSSR count). The van der Waals surface area contributed by atoms with Gasteiger partial charge in [-0.15, -0.1) is 22.9 Å². The number of thiophene rings is 1. The van der Waals surface area contributed by atoms with Crippen LogP contribution in [0.2, 0.25) is 5.02 Å². The fraction of sp³-hybridized carbons (Fsp3) is 0.318. The zero-order chi connectivity index (χ0) is 22.5. The zero-order valence-electron chi connectivity index (χ0n) is 17.2. The van der Waals surface area contributed by atoms with Gasteiger partial charge in [-0.25, -0.2) is 4.90 Å². The summed E-state index contributed by atoms with van der Waals surface area (Å²) in [6.07, 6.45) is 1.35. The number of aliphatic hydroxyl groups is 1. The lowest BCUT2D eigenvalue weighted by atomic mass is 10.2. The number of pyridine rings is 1. The van der Waals surface area contributed by atoms with E-state index in [0.717, 1.165) is 21.3 Å². The van der Waals surface area contributed by atoms with E-state index in [0.29, 0.717) is 30.4 Å². The first-order chi connectivity index (χ1) is 15.5. The van der Waals surface area contributed by atoms with E-state index < -0.39 is 11.7 Å². The number of benzene rings is 1. The number of hydrogen-bond donors (Lipinski definition) is 3. The average molecular weight is 492 g/mol. The van der Waals surface area contributed by atoms with Crippen LogP contribution in [0.5, 0.6) is 0 Å². The predicted molar refractivity (Wildman–Crippen MR) is 129 cm³/mol. The largest absolute Gasteiger partial charge is 0.371 e. The molecule has 0 unspecified atom stereocenters. The van der Waals surface area contributed by atoms with Gasteiger partial charge in [0.15, 0.2) is 6.23 Å². The van der Waals surface area contributed by atoms with Gasteiger partial charge >= 0.3 is 0 Å². The van der Waals surface area contributed by atoms with Gasteiger partial charge in [-0.2, -0.15) is 0 Å². The average Bonchev–Trinajstić information content (AvgIpc) is 3.19. The quantitative estimate of drug-likeness (QED) is 0.349. The van der Waals surface area contributed by atoms with Crippen molar-refractivity contribution < 1.29 is 9.90 Å². The first-order valence-electron chi connectivity index (χ1n) is 10.2. The van der Waals surface area contributed by atoms with Gasteiger partial charge in [0.05, 0.1) is 13.1 Å². The molecule has 3 aromatic rings. The third-order valence-corrected chi connectivity index (χ3v) is 6.80. The van der Waals surface area contributed by atoms with E-state index in [1.54, 1.807) is 17.5 Å². The van der Waals surface area contributed by atoms with E-state index in [1.165, 1.54) is 4.90 Å². The van der Waals surface area contributed by atoms with Gasteiger partial charge in [-0.1, -0.05) is 17.7 Å². The number of nitrogens with zero attached hydrogens (tertiary/aromatic N) is 3. The third-order valence-electron chi connectivity index (χ3n) is 5.16. The minimum atomic E-state index is -1.08. The molecule has 0 spiro atoms. The van der Waals surface area contributed by atoms with Crippen molar-refractivity contribution in [3.8, 4) is 0 Å². The van der Waals surface area contributed by atoms with Crippen LogP contribution in [0, 0.1) is 0 Å². The molecule has 32 heavy (non-hydrogen) atoms. The highest BCUT2D eigenvalue weighted by Crippen LogP contribution is 2.28. The van der Waals surface area contributed by atoms with Crippen LogP contribution in [-0.2, 0) is 17.8 Å². The highest BCUT2D eigenvalue weighted by Gasteiger charge is 2.32. The second-order valence-corrected chi connectivity index (χ2v) is 9.23. The highest BCUT2D eigenvalue weighted by atomic mass is 35.5. The number of carbonyl (C=O) groups excluding carboxylic acids is 1. The first kappa shape index (κ1) is 22.9. The molecule has 2 aromatic heterocycles. The van der Waals surface area contributed by atoms with Crippen LogP contribution < -0.4 is 10.6 Å². The van der Waals surface area contributed by atoms with Crippen molar-refractivity contribution in [1.82, 2.24) is 20.5 Å². The third kappa shape index (κ3) is 5.57. The Hall–Kier alpha value is -2.23. The minimum absolute atomic E-state index is 0.0426. The number of fused-ring (bicyclic) bond motifs is 1. The Morgan fingerprint density at radius 3 is 3.00 bits per heavy atom. The Morgan fingerprint density at radius 1 is 1.31 bits per heavy atom. The summed E-state index contributed by atoms with van der Waals surface area (Å²) in [5, 5.41) is 20.5. The van der Waals surface area contributed by atoms with E-state index in [2.05, 4.69) is 20.6 Å². The second kappa shape index (κ2) is 10.6. The van der Waals surface area contributed by atoms with E-state index >= 15 is 0 Å². The molecule has 3 heterocycles. The summed E-state index contributed by atoms with van der Waals surface area (Å²) in [5.41, 5.74) is 1.37. The van der Waals surface area contributed by atoms with E-state index in [1.807, 2.05) is 41.8 Å². The van der Waals surface area contributed by atoms with E-state index in [9.17, 15) is 9.90 Å². The molecule has 7 nitrogen and oxygen atoms in total. The van der Waals surface area contributed by atoms with Gasteiger partial charge < -0.3 is 15.7 Å². The van der Waals surface area contributed by atoms with Crippen LogP contribution in [0.15, 0.2) is 53.0 Å². The summed E-state index contributed by atoms with van der Waals surface area (Å²) in [4.78, 5) is 22.7. The summed E-state index contributed by atoms with van der Waals surface area (Å²) >= 11 is 14.1. The lowest BCUT2D eigenvalue weighted by Gasteiger charge is -2.35. The van der Waals surface area contributed by atoms with Crippen LogP contribution in [0.3, 0.4) is 0 Å². The smallest absolute Gasteiger partial charge is 0.234 e. The maximum atomic E-state index is 12.6. The number of amides is 1. The van der Waals surface area contributed by atoms with Crippen molar-refractivity contribution in [2.45, 2.75) is 24.7 Å². The predicted octanol–water partition coefficient (Wildman–Crippen LogP) is 3.00. The lowest BCUT2D eigenvalue weighted by molar-refractivity contribution is -0.124. The molecule has 1 aliphatic heterocycles. The molecular weight excluding hydrogens is 469 g/mol. The summed E-state index contributed by atoms with van der Waals surface area (Å²) in [6.45, 7) is 1.18. The monoisotopic (exact) mass is 491 g/mol. The fourth-order valence-corrected chi connectivity index (χ4v) is 4.83. The number of carbonyl (C=O) groups is 1. The molecule has 0 fully saturated rings. The number of aliphatic imine (C=N–C) groups is 1. The minimum Gasteiger partial charge on any atom is -0.371 e. The maximum Gasteiger partial charge on any atom is 0.234 e. The highest BCUT2D eigenvalue weighted by molar-refractivity contribution is 7.17. The van der Waals surface area contributed by atoms with Gasteiger partial charge in [-0.3, -0.25) is 14.8 Å². The molecule has 2 atom stereocenters. The molecule has 0 aliphatic carbocycles. The van der Waals surface area contributed by atoms with Crippen molar-refractivity contribution in [3.05, 3.63) is 64.3 Å². The van der Waals surface area contributed by atoms with Crippen molar-refractivity contribution in [1.29, 1.82) is 0 Å². The number of halogens is 2. The van der Waals surface area contributed by atoms with E-state index in [4.69, 9.17) is 23.2 Å². The number of aliphatic hydroxyl groups excluding tert-OH is 1. The number of amidine groups is 1. The van der Waals surface area contributed by atoms with Gasteiger partial charge in [0, 0.05) is 41.1 Å². The van der Waals surface area contributed by atoms with Crippen molar-refractivity contribution >= 4 is 56.4 Å². The molecular formula is C22H23Cl2N5O2S. The Morgan fingerprint density at radius 2 is 2.19 bits per heavy atom. The molecule has 0 radical (unpaired) electrons. The van der Waals surface area contributed by atoms with Gasteiger partial charge in [0.25, 0.3) is 0 Å². The maximum absolute atomic E-state index is 12.6. The first-order valence-corrected chi connectivity index (χ1v) is 11.9. The summed E-state index contributed by atoms with van der Waals surface area (Å²) in [5.74, 6) is 0.176. The molecule has 0 saturated heterocycles. The molecule has 1 aliphatic rings. The van der Waals surface area contributed by atoms with Crippen LogP contribution in [0.4, 0.5) is 0 Å².